The second-order valence-corrected chi connectivity index (χ2v) is 3.99. The van der Waals surface area contributed by atoms with Gasteiger partial charge in [0.05, 0.1) is 16.9 Å². The molecule has 1 rings (SSSR count). The smallest absolute Gasteiger partial charge is 0.211 e. The standard InChI is InChI=1S/C9H11IN4O2/c1-16-7-3-5(2-6(10)8(7)15)4-13-14-9(11)12/h2-4,15H,1H3,(H4,11,12,14)/b13-4-. The molecule has 7 heteroatoms. The van der Waals surface area contributed by atoms with Crippen LogP contribution in [0.25, 0.3) is 0 Å². The largest absolute Gasteiger partial charge is 0.504 e. The van der Waals surface area contributed by atoms with Crippen molar-refractivity contribution in [2.75, 3.05) is 7.11 Å². The Morgan fingerprint density at radius 3 is 2.75 bits per heavy atom. The molecule has 0 aliphatic rings. The van der Waals surface area contributed by atoms with E-state index < -0.39 is 0 Å². The summed E-state index contributed by atoms with van der Waals surface area (Å²) in [7, 11) is 1.47. The number of nitrogens with two attached hydrogens (primary N) is 2. The van der Waals surface area contributed by atoms with Gasteiger partial charge >= 0.3 is 0 Å². The fourth-order valence-corrected chi connectivity index (χ4v) is 1.61. The van der Waals surface area contributed by atoms with Gasteiger partial charge < -0.3 is 21.3 Å². The molecule has 0 aliphatic carbocycles. The van der Waals surface area contributed by atoms with E-state index in [-0.39, 0.29) is 11.7 Å². The maximum absolute atomic E-state index is 9.59. The SMILES string of the molecule is COc1cc(/C=N\N=C(N)N)cc(I)c1O. The van der Waals surface area contributed by atoms with Crippen molar-refractivity contribution in [1.82, 2.24) is 0 Å². The van der Waals surface area contributed by atoms with Gasteiger partial charge in [0, 0.05) is 0 Å². The first-order valence-electron chi connectivity index (χ1n) is 4.23. The molecule has 6 nitrogen and oxygen atoms in total. The summed E-state index contributed by atoms with van der Waals surface area (Å²) in [5, 5.41) is 16.7. The molecule has 86 valence electrons. The number of nitrogens with zero attached hydrogens (tertiary/aromatic N) is 2. The minimum absolute atomic E-state index is 0.0992. The Kier molecular flexibility index (Phi) is 4.35. The Balaban J connectivity index is 3.03. The molecule has 0 radical (unpaired) electrons. The minimum atomic E-state index is -0.114. The molecule has 1 aromatic carbocycles. The number of methoxy groups -OCH3 is 1. The van der Waals surface area contributed by atoms with E-state index in [0.29, 0.717) is 9.32 Å². The van der Waals surface area contributed by atoms with Crippen LogP contribution < -0.4 is 16.2 Å². The lowest BCUT2D eigenvalue weighted by Crippen LogP contribution is -2.21. The average molecular weight is 334 g/mol. The maximum atomic E-state index is 9.59. The second kappa shape index (κ2) is 5.54. The normalized spacial score (nSPS) is 10.4. The van der Waals surface area contributed by atoms with E-state index in [4.69, 9.17) is 16.2 Å². The lowest BCUT2D eigenvalue weighted by atomic mass is 10.2. The van der Waals surface area contributed by atoms with E-state index in [9.17, 15) is 5.11 Å². The van der Waals surface area contributed by atoms with Crippen LogP contribution in [-0.2, 0) is 0 Å². The summed E-state index contributed by atoms with van der Waals surface area (Å²) in [6.07, 6.45) is 1.46. The van der Waals surface area contributed by atoms with Crippen LogP contribution >= 0.6 is 22.6 Å². The van der Waals surface area contributed by atoms with Crippen molar-refractivity contribution in [3.63, 3.8) is 0 Å². The van der Waals surface area contributed by atoms with Crippen LogP contribution in [0, 0.1) is 3.57 Å². The van der Waals surface area contributed by atoms with Gasteiger partial charge in [-0.05, 0) is 40.3 Å². The number of hydrogen-bond donors (Lipinski definition) is 3. The van der Waals surface area contributed by atoms with Gasteiger partial charge in [-0.25, -0.2) is 0 Å². The maximum Gasteiger partial charge on any atom is 0.211 e. The van der Waals surface area contributed by atoms with E-state index in [0.717, 1.165) is 5.56 Å². The lowest BCUT2D eigenvalue weighted by Gasteiger charge is -2.05. The fourth-order valence-electron chi connectivity index (χ4n) is 0.986. The molecule has 0 spiro atoms. The number of halogens is 1. The third-order valence-corrected chi connectivity index (χ3v) is 2.47. The minimum Gasteiger partial charge on any atom is -0.504 e. The van der Waals surface area contributed by atoms with E-state index >= 15 is 0 Å². The lowest BCUT2D eigenvalue weighted by molar-refractivity contribution is 0.371. The topological polar surface area (TPSA) is 106 Å². The van der Waals surface area contributed by atoms with E-state index in [1.165, 1.54) is 13.3 Å². The Bertz CT molecular complexity index is 441. The first-order valence-corrected chi connectivity index (χ1v) is 5.31. The number of rotatable bonds is 3. The second-order valence-electron chi connectivity index (χ2n) is 2.82. The molecule has 0 saturated carbocycles. The quantitative estimate of drug-likeness (QED) is 0.326. The first-order chi connectivity index (χ1) is 7.54. The summed E-state index contributed by atoms with van der Waals surface area (Å²) < 4.78 is 5.65. The van der Waals surface area contributed by atoms with Crippen molar-refractivity contribution in [3.8, 4) is 11.5 Å². The van der Waals surface area contributed by atoms with Crippen LogP contribution in [0.5, 0.6) is 11.5 Å². The molecular weight excluding hydrogens is 323 g/mol. The van der Waals surface area contributed by atoms with Crippen molar-refractivity contribution in [2.24, 2.45) is 21.7 Å². The number of hydrogen-bond acceptors (Lipinski definition) is 4. The highest BCUT2D eigenvalue weighted by Crippen LogP contribution is 2.31. The van der Waals surface area contributed by atoms with Crippen LogP contribution in [-0.4, -0.2) is 24.4 Å². The molecule has 0 saturated heterocycles. The van der Waals surface area contributed by atoms with Gasteiger partial charge in [-0.2, -0.15) is 5.10 Å². The summed E-state index contributed by atoms with van der Waals surface area (Å²) in [5.41, 5.74) is 11.0. The molecular formula is C9H11IN4O2. The van der Waals surface area contributed by atoms with Crippen molar-refractivity contribution >= 4 is 34.8 Å². The number of phenolic OH excluding ortho intramolecular Hbond substituents is 1. The molecule has 0 bridgehead atoms. The number of phenols is 1. The predicted molar refractivity (Wildman–Crippen MR) is 70.8 cm³/mol. The Labute approximate surface area is 106 Å². The molecule has 1 aromatic rings. The van der Waals surface area contributed by atoms with Crippen molar-refractivity contribution in [1.29, 1.82) is 0 Å². The third-order valence-electron chi connectivity index (χ3n) is 1.65. The van der Waals surface area contributed by atoms with Crippen LogP contribution in [0.1, 0.15) is 5.56 Å². The summed E-state index contributed by atoms with van der Waals surface area (Å²) in [6, 6.07) is 3.35. The summed E-state index contributed by atoms with van der Waals surface area (Å²) in [4.78, 5) is 0. The van der Waals surface area contributed by atoms with Gasteiger partial charge in [0.2, 0.25) is 5.96 Å². The van der Waals surface area contributed by atoms with Crippen molar-refractivity contribution < 1.29 is 9.84 Å². The highest BCUT2D eigenvalue weighted by Gasteiger charge is 2.07. The zero-order chi connectivity index (χ0) is 12.1. The number of benzene rings is 1. The Hall–Kier alpha value is -1.51. The average Bonchev–Trinajstić information content (AvgIpc) is 2.22. The number of ether oxygens (including phenoxy) is 1. The van der Waals surface area contributed by atoms with Crippen molar-refractivity contribution in [3.05, 3.63) is 21.3 Å². The van der Waals surface area contributed by atoms with Gasteiger partial charge in [0.15, 0.2) is 11.5 Å². The fraction of sp³-hybridized carbons (Fsp3) is 0.111. The van der Waals surface area contributed by atoms with Gasteiger partial charge in [0.1, 0.15) is 0 Å². The molecule has 0 atom stereocenters. The van der Waals surface area contributed by atoms with Crippen LogP contribution in [0.3, 0.4) is 0 Å². The summed E-state index contributed by atoms with van der Waals surface area (Å²) in [5.74, 6) is 0.358. The molecule has 0 aliphatic heterocycles. The van der Waals surface area contributed by atoms with Crippen molar-refractivity contribution in [2.45, 2.75) is 0 Å². The predicted octanol–water partition coefficient (Wildman–Crippen LogP) is 0.613. The Morgan fingerprint density at radius 2 is 2.19 bits per heavy atom. The highest BCUT2D eigenvalue weighted by molar-refractivity contribution is 14.1. The van der Waals surface area contributed by atoms with Crippen LogP contribution in [0.4, 0.5) is 0 Å². The van der Waals surface area contributed by atoms with E-state index in [1.807, 2.05) is 22.6 Å². The zero-order valence-electron chi connectivity index (χ0n) is 8.51. The van der Waals surface area contributed by atoms with Gasteiger partial charge in [-0.15, -0.1) is 5.10 Å². The molecule has 5 N–H and O–H groups in total. The van der Waals surface area contributed by atoms with Gasteiger partial charge in [-0.3, -0.25) is 0 Å². The number of aromatic hydroxyl groups is 1. The van der Waals surface area contributed by atoms with E-state index in [2.05, 4.69) is 10.2 Å². The van der Waals surface area contributed by atoms with E-state index in [1.54, 1.807) is 12.1 Å². The summed E-state index contributed by atoms with van der Waals surface area (Å²) >= 11 is 1.99. The summed E-state index contributed by atoms with van der Waals surface area (Å²) in [6.45, 7) is 0. The molecule has 16 heavy (non-hydrogen) atoms. The Morgan fingerprint density at radius 1 is 1.50 bits per heavy atom. The molecule has 0 heterocycles. The highest BCUT2D eigenvalue weighted by atomic mass is 127. The van der Waals surface area contributed by atoms with Crippen LogP contribution in [0.2, 0.25) is 0 Å². The van der Waals surface area contributed by atoms with Gasteiger partial charge in [-0.1, -0.05) is 0 Å². The first kappa shape index (κ1) is 12.6. The molecule has 0 aromatic heterocycles. The van der Waals surface area contributed by atoms with Gasteiger partial charge in [0.25, 0.3) is 0 Å². The zero-order valence-corrected chi connectivity index (χ0v) is 10.7. The molecule has 0 amide bonds. The molecule has 0 unspecified atom stereocenters. The third kappa shape index (κ3) is 3.26. The van der Waals surface area contributed by atoms with Crippen LogP contribution in [0.15, 0.2) is 22.3 Å². The molecule has 0 fully saturated rings. The number of guanidine groups is 1. The monoisotopic (exact) mass is 334 g/mol.